The number of piperidine rings is 1. The zero-order chi connectivity index (χ0) is 46.8. The van der Waals surface area contributed by atoms with Gasteiger partial charge in [0.2, 0.25) is 0 Å². The minimum absolute atomic E-state index is 0.0201. The molecule has 3 aromatic carbocycles. The Balaban J connectivity index is 0.984. The van der Waals surface area contributed by atoms with Crippen LogP contribution >= 0.6 is 0 Å². The fraction of sp³-hybridized carbons (Fsp3) is 0.417. The second-order valence-corrected chi connectivity index (χ2v) is 20.1. The largest absolute Gasteiger partial charge is 0.455 e. The lowest BCUT2D eigenvalue weighted by Gasteiger charge is -2.39. The number of hydrogen-bond acceptors (Lipinski definition) is 11. The van der Waals surface area contributed by atoms with Crippen molar-refractivity contribution in [2.75, 3.05) is 69.6 Å². The number of alkyl halides is 3. The Bertz CT molecular complexity index is 2720. The summed E-state index contributed by atoms with van der Waals surface area (Å²) in [7, 11) is -2.51. The number of nitrogens with zero attached hydrogens (tertiary/aromatic N) is 5. The highest BCUT2D eigenvalue weighted by Crippen LogP contribution is 2.44. The van der Waals surface area contributed by atoms with Crippen molar-refractivity contribution in [3.05, 3.63) is 118 Å². The Kier molecular flexibility index (Phi) is 13.5. The van der Waals surface area contributed by atoms with Gasteiger partial charge in [-0.1, -0.05) is 31.6 Å². The number of rotatable bonds is 14. The van der Waals surface area contributed by atoms with Crippen molar-refractivity contribution in [2.24, 2.45) is 11.3 Å². The summed E-state index contributed by atoms with van der Waals surface area (Å²) in [6.45, 7) is 10.2. The molecular formula is C48H55F3N8O6S. The van der Waals surface area contributed by atoms with Gasteiger partial charge in [-0.2, -0.15) is 13.2 Å². The number of pyridine rings is 1. The first-order valence-corrected chi connectivity index (χ1v) is 23.8. The minimum atomic E-state index is -4.59. The van der Waals surface area contributed by atoms with Gasteiger partial charge in [0.25, 0.3) is 21.6 Å². The van der Waals surface area contributed by atoms with E-state index in [1.165, 1.54) is 30.0 Å². The highest BCUT2D eigenvalue weighted by molar-refractivity contribution is 7.90. The molecule has 0 saturated carbocycles. The number of H-pyrrole nitrogens is 1. The number of carbonyl (C=O) groups is 1. The van der Waals surface area contributed by atoms with E-state index >= 15 is 0 Å². The predicted molar refractivity (Wildman–Crippen MR) is 248 cm³/mol. The van der Waals surface area contributed by atoms with Crippen LogP contribution in [0.4, 0.5) is 30.2 Å². The molecule has 1 amide bonds. The standard InChI is InChI=1S/C48H55F3N8O6S/c1-47(2)17-12-35(41(29-47)33-4-6-36(7-5-33)48(49,50)51)31-57-22-24-58(25-23-57)37-8-10-40(44(27-37)65-38-26-34-14-19-53-45(34)54-30-38)46(60)55-66(63,64)39-9-11-42(43(28-39)59(61)62)52-18-13-32-15-20-56(3)21-16-32/h4-11,14,19,26-28,30,32,52H,12-13,15-18,20-25,29,31H2,1-3H3,(H,53,54)(H,55,60). The van der Waals surface area contributed by atoms with Crippen LogP contribution in [0.2, 0.25) is 0 Å². The summed E-state index contributed by atoms with van der Waals surface area (Å²) >= 11 is 0. The molecule has 2 fully saturated rings. The first-order chi connectivity index (χ1) is 31.4. The van der Waals surface area contributed by atoms with Crippen LogP contribution in [-0.2, 0) is 16.2 Å². The summed E-state index contributed by atoms with van der Waals surface area (Å²) in [5, 5.41) is 16.0. The molecule has 0 radical (unpaired) electrons. The Morgan fingerprint density at radius 3 is 2.44 bits per heavy atom. The van der Waals surface area contributed by atoms with Crippen LogP contribution in [0.3, 0.4) is 0 Å². The van der Waals surface area contributed by atoms with Crippen molar-refractivity contribution in [1.29, 1.82) is 0 Å². The summed E-state index contributed by atoms with van der Waals surface area (Å²) in [5.74, 6) is -0.116. The fourth-order valence-corrected chi connectivity index (χ4v) is 10.2. The third kappa shape index (κ3) is 11.0. The number of nitrogens with one attached hydrogen (secondary N) is 3. The molecule has 8 rings (SSSR count). The van der Waals surface area contributed by atoms with E-state index in [1.54, 1.807) is 36.5 Å². The van der Waals surface area contributed by atoms with Gasteiger partial charge in [0.05, 0.1) is 27.1 Å². The van der Waals surface area contributed by atoms with Gasteiger partial charge in [-0.25, -0.2) is 18.1 Å². The zero-order valence-corrected chi connectivity index (χ0v) is 38.1. The van der Waals surface area contributed by atoms with Crippen LogP contribution in [0.1, 0.15) is 73.9 Å². The van der Waals surface area contributed by atoms with Gasteiger partial charge in [-0.3, -0.25) is 19.8 Å². The van der Waals surface area contributed by atoms with Crippen LogP contribution in [0, 0.1) is 21.4 Å². The number of carbonyl (C=O) groups excluding carboxylic acids is 1. The van der Waals surface area contributed by atoms with Crippen molar-refractivity contribution in [1.82, 2.24) is 24.5 Å². The number of aromatic nitrogens is 2. The van der Waals surface area contributed by atoms with E-state index < -0.39 is 43.2 Å². The Morgan fingerprint density at radius 1 is 0.985 bits per heavy atom. The van der Waals surface area contributed by atoms with Gasteiger partial charge in [0.15, 0.2) is 0 Å². The Morgan fingerprint density at radius 2 is 1.73 bits per heavy atom. The minimum Gasteiger partial charge on any atom is -0.455 e. The van der Waals surface area contributed by atoms with Crippen molar-refractivity contribution < 1.29 is 36.0 Å². The Hall–Kier alpha value is -5.98. The van der Waals surface area contributed by atoms with Gasteiger partial charge in [-0.15, -0.1) is 0 Å². The van der Waals surface area contributed by atoms with E-state index in [4.69, 9.17) is 4.74 Å². The molecule has 350 valence electrons. The van der Waals surface area contributed by atoms with E-state index in [-0.39, 0.29) is 22.4 Å². The average Bonchev–Trinajstić information content (AvgIpc) is 3.75. The number of hydrogen-bond donors (Lipinski definition) is 3. The van der Waals surface area contributed by atoms with Crippen LogP contribution in [0.15, 0.2) is 95.7 Å². The lowest BCUT2D eigenvalue weighted by molar-refractivity contribution is -0.384. The number of sulfonamides is 1. The molecule has 66 heavy (non-hydrogen) atoms. The monoisotopic (exact) mass is 928 g/mol. The molecule has 2 aliphatic heterocycles. The van der Waals surface area contributed by atoms with Crippen LogP contribution < -0.4 is 19.7 Å². The lowest BCUT2D eigenvalue weighted by atomic mass is 9.72. The maximum Gasteiger partial charge on any atom is 0.416 e. The zero-order valence-electron chi connectivity index (χ0n) is 37.3. The van der Waals surface area contributed by atoms with E-state index in [0.29, 0.717) is 56.6 Å². The predicted octanol–water partition coefficient (Wildman–Crippen LogP) is 9.33. The van der Waals surface area contributed by atoms with Crippen LogP contribution in [0.5, 0.6) is 11.5 Å². The van der Waals surface area contributed by atoms with Crippen LogP contribution in [0.25, 0.3) is 16.6 Å². The molecule has 3 N–H and O–H groups in total. The quantitative estimate of drug-likeness (QED) is 0.0718. The molecule has 0 spiro atoms. The molecule has 0 atom stereocenters. The van der Waals surface area contributed by atoms with E-state index in [9.17, 15) is 36.5 Å². The van der Waals surface area contributed by atoms with Gasteiger partial charge < -0.3 is 24.8 Å². The molecule has 14 nitrogen and oxygen atoms in total. The molecule has 18 heteroatoms. The summed E-state index contributed by atoms with van der Waals surface area (Å²) in [6.07, 6.45) is 4.33. The highest BCUT2D eigenvalue weighted by Gasteiger charge is 2.33. The SMILES string of the molecule is CN1CCC(CCNc2ccc(S(=O)(=O)NC(=O)c3ccc(N4CCN(CC5=C(c6ccc(C(F)(F)F)cc6)CC(C)(C)CC5)CC4)cc3Oc3cnc4[nH]ccc4c3)cc2[N+](=O)[O-])CC1. The van der Waals surface area contributed by atoms with Gasteiger partial charge >= 0.3 is 6.18 Å². The summed E-state index contributed by atoms with van der Waals surface area (Å²) in [6, 6.07) is 17.5. The van der Waals surface area contributed by atoms with E-state index in [1.807, 2.05) is 6.07 Å². The van der Waals surface area contributed by atoms with Crippen molar-refractivity contribution in [2.45, 2.75) is 63.4 Å². The van der Waals surface area contributed by atoms with Crippen LogP contribution in [-0.4, -0.2) is 98.4 Å². The topological polar surface area (TPSA) is 166 Å². The molecule has 2 aromatic heterocycles. The number of benzene rings is 3. The summed E-state index contributed by atoms with van der Waals surface area (Å²) < 4.78 is 76.0. The molecule has 3 aliphatic rings. The van der Waals surface area contributed by atoms with Gasteiger partial charge in [-0.05, 0) is 130 Å². The second kappa shape index (κ2) is 19.1. The number of aromatic amines is 1. The number of halogens is 3. The molecule has 2 saturated heterocycles. The van der Waals surface area contributed by atoms with Crippen molar-refractivity contribution in [3.8, 4) is 11.5 Å². The summed E-state index contributed by atoms with van der Waals surface area (Å²) in [5.41, 5.74) is 3.56. The molecule has 0 bridgehead atoms. The third-order valence-corrected chi connectivity index (χ3v) is 14.4. The number of allylic oxidation sites excluding steroid dienone is 1. The smallest absolute Gasteiger partial charge is 0.416 e. The Labute approximate surface area is 382 Å². The molecule has 1 aliphatic carbocycles. The van der Waals surface area contributed by atoms with Crippen molar-refractivity contribution in [3.63, 3.8) is 0 Å². The number of nitro groups is 1. The van der Waals surface area contributed by atoms with E-state index in [2.05, 4.69) is 55.6 Å². The maximum atomic E-state index is 13.9. The first kappa shape index (κ1) is 46.5. The van der Waals surface area contributed by atoms with Crippen molar-refractivity contribution >= 4 is 49.6 Å². The number of ether oxygens (including phenoxy) is 1. The van der Waals surface area contributed by atoms with Gasteiger partial charge in [0, 0.05) is 68.7 Å². The van der Waals surface area contributed by atoms with E-state index in [0.717, 1.165) is 92.0 Å². The second-order valence-electron chi connectivity index (χ2n) is 18.5. The summed E-state index contributed by atoms with van der Waals surface area (Å²) in [4.78, 5) is 39.2. The number of anilines is 2. The first-order valence-electron chi connectivity index (χ1n) is 22.3. The van der Waals surface area contributed by atoms with Gasteiger partial charge in [0.1, 0.15) is 22.8 Å². The third-order valence-electron chi connectivity index (χ3n) is 13.1. The lowest BCUT2D eigenvalue weighted by Crippen LogP contribution is -2.47. The molecule has 4 heterocycles. The normalized spacial score (nSPS) is 17.8. The number of nitro benzene ring substituents is 1. The highest BCUT2D eigenvalue weighted by atomic mass is 32.2. The fourth-order valence-electron chi connectivity index (χ4n) is 9.17. The number of amides is 1. The number of likely N-dealkylation sites (tertiary alicyclic amines) is 1. The molecule has 0 unspecified atom stereocenters. The average molecular weight is 929 g/mol. The molecular weight excluding hydrogens is 874 g/mol. The maximum absolute atomic E-state index is 13.9. The number of piperazine rings is 1. The molecule has 5 aromatic rings. The number of fused-ring (bicyclic) bond motifs is 1.